The fraction of sp³-hybridized carbons (Fsp3) is 0.500. The van der Waals surface area contributed by atoms with Crippen LogP contribution < -0.4 is 11.1 Å². The monoisotopic (exact) mass is 260 g/mol. The molecular formula is C12H18ClFN2O. The van der Waals surface area contributed by atoms with Crippen molar-refractivity contribution in [2.45, 2.75) is 18.9 Å². The zero-order chi connectivity index (χ0) is 11.5. The zero-order valence-corrected chi connectivity index (χ0v) is 10.3. The quantitative estimate of drug-likeness (QED) is 0.762. The summed E-state index contributed by atoms with van der Waals surface area (Å²) in [6.45, 7) is 1.89. The third-order valence-corrected chi connectivity index (χ3v) is 3.23. The first-order valence-corrected chi connectivity index (χ1v) is 5.63. The van der Waals surface area contributed by atoms with Gasteiger partial charge >= 0.3 is 0 Å². The van der Waals surface area contributed by atoms with Gasteiger partial charge in [-0.2, -0.15) is 0 Å². The maximum Gasteiger partial charge on any atom is 0.131 e. The first-order valence-electron chi connectivity index (χ1n) is 5.63. The highest BCUT2D eigenvalue weighted by Crippen LogP contribution is 2.29. The number of phenols is 1. The molecule has 1 fully saturated rings. The summed E-state index contributed by atoms with van der Waals surface area (Å²) in [6.07, 6.45) is 1.95. The lowest BCUT2D eigenvalue weighted by atomic mass is 9.86. The molecule has 0 amide bonds. The van der Waals surface area contributed by atoms with E-state index in [0.717, 1.165) is 32.0 Å². The Hall–Kier alpha value is -0.840. The van der Waals surface area contributed by atoms with Gasteiger partial charge in [0.15, 0.2) is 0 Å². The van der Waals surface area contributed by atoms with Gasteiger partial charge in [0.2, 0.25) is 0 Å². The standard InChI is InChI=1S/C12H17FN2O.ClH/c13-11-7-9(16)1-2-10(11)12(14)8-3-5-15-6-4-8;/h1-2,7-8,12,15-16H,3-6,14H2;1H/t12-;/m1./s1. The molecule has 1 aromatic carbocycles. The van der Waals surface area contributed by atoms with Crippen molar-refractivity contribution in [1.29, 1.82) is 0 Å². The van der Waals surface area contributed by atoms with E-state index in [-0.39, 0.29) is 24.2 Å². The van der Waals surface area contributed by atoms with Crippen LogP contribution in [0.2, 0.25) is 0 Å². The lowest BCUT2D eigenvalue weighted by Crippen LogP contribution is -2.34. The van der Waals surface area contributed by atoms with Crippen molar-refractivity contribution in [2.75, 3.05) is 13.1 Å². The molecule has 5 heteroatoms. The molecule has 0 spiro atoms. The third-order valence-electron chi connectivity index (χ3n) is 3.23. The van der Waals surface area contributed by atoms with Gasteiger partial charge in [-0.25, -0.2) is 4.39 Å². The average Bonchev–Trinajstić information content (AvgIpc) is 2.29. The minimum atomic E-state index is -0.411. The number of benzene rings is 1. The molecule has 17 heavy (non-hydrogen) atoms. The molecule has 2 rings (SSSR count). The number of nitrogens with one attached hydrogen (secondary N) is 1. The molecule has 0 radical (unpaired) electrons. The number of nitrogens with two attached hydrogens (primary N) is 1. The molecule has 1 aliphatic heterocycles. The molecule has 0 unspecified atom stereocenters. The highest BCUT2D eigenvalue weighted by atomic mass is 35.5. The fourth-order valence-electron chi connectivity index (χ4n) is 2.24. The van der Waals surface area contributed by atoms with Crippen molar-refractivity contribution in [3.63, 3.8) is 0 Å². The molecule has 0 aliphatic carbocycles. The number of rotatable bonds is 2. The van der Waals surface area contributed by atoms with Crippen molar-refractivity contribution in [2.24, 2.45) is 11.7 Å². The lowest BCUT2D eigenvalue weighted by Gasteiger charge is -2.28. The van der Waals surface area contributed by atoms with Crippen LogP contribution >= 0.6 is 12.4 Å². The minimum absolute atomic E-state index is 0. The maximum atomic E-state index is 13.6. The summed E-state index contributed by atoms with van der Waals surface area (Å²) in [5, 5.41) is 12.4. The maximum absolute atomic E-state index is 13.6. The SMILES string of the molecule is Cl.N[C@@H](c1ccc(O)cc1F)C1CCNCC1. The second-order valence-electron chi connectivity index (χ2n) is 4.32. The second-order valence-corrected chi connectivity index (χ2v) is 4.32. The van der Waals surface area contributed by atoms with Crippen molar-refractivity contribution >= 4 is 12.4 Å². The van der Waals surface area contributed by atoms with Gasteiger partial charge in [-0.1, -0.05) is 6.07 Å². The number of hydrogen-bond donors (Lipinski definition) is 3. The van der Waals surface area contributed by atoms with Gasteiger partial charge in [-0.3, -0.25) is 0 Å². The number of hydrogen-bond acceptors (Lipinski definition) is 3. The van der Waals surface area contributed by atoms with E-state index in [1.807, 2.05) is 0 Å². The van der Waals surface area contributed by atoms with E-state index in [9.17, 15) is 4.39 Å². The topological polar surface area (TPSA) is 58.3 Å². The van der Waals surface area contributed by atoms with Crippen LogP contribution in [0.1, 0.15) is 24.4 Å². The summed E-state index contributed by atoms with van der Waals surface area (Å²) in [7, 11) is 0. The van der Waals surface area contributed by atoms with Gasteiger partial charge in [-0.15, -0.1) is 12.4 Å². The molecule has 0 bridgehead atoms. The Kier molecular flexibility index (Phi) is 5.18. The van der Waals surface area contributed by atoms with Gasteiger partial charge in [0.25, 0.3) is 0 Å². The molecule has 1 heterocycles. The predicted molar refractivity (Wildman–Crippen MR) is 67.8 cm³/mol. The highest BCUT2D eigenvalue weighted by molar-refractivity contribution is 5.85. The first kappa shape index (κ1) is 14.2. The molecule has 1 aromatic rings. The average molecular weight is 261 g/mol. The van der Waals surface area contributed by atoms with E-state index in [1.165, 1.54) is 6.07 Å². The molecule has 4 N–H and O–H groups in total. The predicted octanol–water partition coefficient (Wildman–Crippen LogP) is 1.95. The Morgan fingerprint density at radius 1 is 1.35 bits per heavy atom. The summed E-state index contributed by atoms with van der Waals surface area (Å²) < 4.78 is 13.6. The van der Waals surface area contributed by atoms with Crippen LogP contribution in [0.15, 0.2) is 18.2 Å². The van der Waals surface area contributed by atoms with Crippen LogP contribution in [-0.2, 0) is 0 Å². The van der Waals surface area contributed by atoms with Crippen molar-refractivity contribution in [3.05, 3.63) is 29.6 Å². The highest BCUT2D eigenvalue weighted by Gasteiger charge is 2.23. The van der Waals surface area contributed by atoms with Crippen molar-refractivity contribution < 1.29 is 9.50 Å². The molecule has 1 atom stereocenters. The minimum Gasteiger partial charge on any atom is -0.508 e. The van der Waals surface area contributed by atoms with Gasteiger partial charge in [0, 0.05) is 17.7 Å². The van der Waals surface area contributed by atoms with E-state index in [0.29, 0.717) is 11.5 Å². The van der Waals surface area contributed by atoms with Crippen LogP contribution in [0.25, 0.3) is 0 Å². The van der Waals surface area contributed by atoms with Crippen molar-refractivity contribution in [1.82, 2.24) is 5.32 Å². The van der Waals surface area contributed by atoms with Crippen LogP contribution in [-0.4, -0.2) is 18.2 Å². The Balaban J connectivity index is 0.00000144. The Morgan fingerprint density at radius 3 is 2.59 bits per heavy atom. The molecule has 96 valence electrons. The first-order chi connectivity index (χ1) is 7.68. The van der Waals surface area contributed by atoms with Crippen LogP contribution in [0.4, 0.5) is 4.39 Å². The normalized spacial score (nSPS) is 18.5. The fourth-order valence-corrected chi connectivity index (χ4v) is 2.24. The Labute approximate surface area is 107 Å². The molecule has 3 nitrogen and oxygen atoms in total. The van der Waals surface area contributed by atoms with E-state index >= 15 is 0 Å². The number of phenolic OH excluding ortho intramolecular Hbond substituents is 1. The number of aromatic hydroxyl groups is 1. The lowest BCUT2D eigenvalue weighted by molar-refractivity contribution is 0.316. The molecule has 0 aromatic heterocycles. The number of halogens is 2. The van der Waals surface area contributed by atoms with E-state index in [2.05, 4.69) is 5.32 Å². The van der Waals surface area contributed by atoms with E-state index in [4.69, 9.17) is 10.8 Å². The largest absolute Gasteiger partial charge is 0.508 e. The molecule has 0 saturated carbocycles. The Morgan fingerprint density at radius 2 is 2.00 bits per heavy atom. The molecule has 1 aliphatic rings. The second kappa shape index (κ2) is 6.19. The summed E-state index contributed by atoms with van der Waals surface area (Å²) in [4.78, 5) is 0. The molecule has 1 saturated heterocycles. The van der Waals surface area contributed by atoms with Crippen LogP contribution in [0.5, 0.6) is 5.75 Å². The summed E-state index contributed by atoms with van der Waals surface area (Å²) in [5.74, 6) is -0.148. The zero-order valence-electron chi connectivity index (χ0n) is 9.53. The number of piperidine rings is 1. The van der Waals surface area contributed by atoms with E-state index < -0.39 is 5.82 Å². The molecular weight excluding hydrogens is 243 g/mol. The van der Waals surface area contributed by atoms with Gasteiger partial charge < -0.3 is 16.2 Å². The Bertz CT molecular complexity index is 370. The third kappa shape index (κ3) is 3.31. The van der Waals surface area contributed by atoms with Crippen LogP contribution in [0.3, 0.4) is 0 Å². The summed E-state index contributed by atoms with van der Waals surface area (Å²) in [6, 6.07) is 3.91. The van der Waals surface area contributed by atoms with Crippen LogP contribution in [0, 0.1) is 11.7 Å². The summed E-state index contributed by atoms with van der Waals surface area (Å²) in [5.41, 5.74) is 6.58. The van der Waals surface area contributed by atoms with Gasteiger partial charge in [-0.05, 0) is 37.9 Å². The van der Waals surface area contributed by atoms with Gasteiger partial charge in [0.05, 0.1) is 0 Å². The van der Waals surface area contributed by atoms with E-state index in [1.54, 1.807) is 6.07 Å². The van der Waals surface area contributed by atoms with Crippen molar-refractivity contribution in [3.8, 4) is 5.75 Å². The van der Waals surface area contributed by atoms with Gasteiger partial charge in [0.1, 0.15) is 11.6 Å². The smallest absolute Gasteiger partial charge is 0.131 e. The summed E-state index contributed by atoms with van der Waals surface area (Å²) >= 11 is 0.